The van der Waals surface area contributed by atoms with Gasteiger partial charge in [-0.25, -0.2) is 9.97 Å². The number of thiazole rings is 1. The lowest BCUT2D eigenvalue weighted by atomic mass is 10.1. The largest absolute Gasteiger partial charge is 0.493 e. The Hall–Kier alpha value is -3.59. The molecule has 0 radical (unpaired) electrons. The molecule has 178 valence electrons. The summed E-state index contributed by atoms with van der Waals surface area (Å²) in [5, 5.41) is 0.660. The van der Waals surface area contributed by atoms with E-state index in [9.17, 15) is 4.79 Å². The average Bonchev–Trinajstić information content (AvgIpc) is 3.50. The highest BCUT2D eigenvalue weighted by Crippen LogP contribution is 2.39. The molecular formula is C25H28N4O4S. The van der Waals surface area contributed by atoms with E-state index in [0.717, 1.165) is 34.3 Å². The fourth-order valence-corrected chi connectivity index (χ4v) is 5.00. The van der Waals surface area contributed by atoms with E-state index in [1.807, 2.05) is 10.8 Å². The van der Waals surface area contributed by atoms with Crippen LogP contribution in [0.5, 0.6) is 17.2 Å². The summed E-state index contributed by atoms with van der Waals surface area (Å²) in [5.41, 5.74) is 3.63. The second-order valence-corrected chi connectivity index (χ2v) is 8.93. The summed E-state index contributed by atoms with van der Waals surface area (Å²) in [5.74, 6) is 1.12. The number of amides is 1. The number of ether oxygens (including phenoxy) is 3. The van der Waals surface area contributed by atoms with Crippen LogP contribution in [-0.2, 0) is 6.54 Å². The van der Waals surface area contributed by atoms with Gasteiger partial charge < -0.3 is 18.8 Å². The van der Waals surface area contributed by atoms with Crippen LogP contribution in [0.2, 0.25) is 0 Å². The Balaban J connectivity index is 1.73. The molecule has 0 atom stereocenters. The summed E-state index contributed by atoms with van der Waals surface area (Å²) in [6, 6.07) is 7.54. The summed E-state index contributed by atoms with van der Waals surface area (Å²) < 4.78 is 19.4. The van der Waals surface area contributed by atoms with Gasteiger partial charge in [0.15, 0.2) is 16.6 Å². The topological polar surface area (TPSA) is 78.7 Å². The lowest BCUT2D eigenvalue weighted by Gasteiger charge is -2.21. The number of nitrogens with zero attached hydrogens (tertiary/aromatic N) is 4. The van der Waals surface area contributed by atoms with E-state index in [0.29, 0.717) is 34.5 Å². The van der Waals surface area contributed by atoms with Crippen LogP contribution in [0.15, 0.2) is 43.0 Å². The Bertz CT molecular complexity index is 1270. The quantitative estimate of drug-likeness (QED) is 0.340. The summed E-state index contributed by atoms with van der Waals surface area (Å²) in [6.07, 6.45) is 6.17. The van der Waals surface area contributed by atoms with Gasteiger partial charge in [-0.05, 0) is 49.6 Å². The van der Waals surface area contributed by atoms with Crippen LogP contribution in [0.1, 0.15) is 27.9 Å². The van der Waals surface area contributed by atoms with Crippen molar-refractivity contribution in [2.24, 2.45) is 0 Å². The number of rotatable bonds is 9. The number of anilines is 1. The van der Waals surface area contributed by atoms with Crippen molar-refractivity contribution in [2.75, 3.05) is 32.8 Å². The molecule has 0 aliphatic heterocycles. The zero-order chi connectivity index (χ0) is 24.2. The Labute approximate surface area is 202 Å². The van der Waals surface area contributed by atoms with Gasteiger partial charge in [0.1, 0.15) is 0 Å². The van der Waals surface area contributed by atoms with Crippen LogP contribution < -0.4 is 19.1 Å². The van der Waals surface area contributed by atoms with Crippen molar-refractivity contribution in [3.63, 3.8) is 0 Å². The molecule has 0 fully saturated rings. The predicted molar refractivity (Wildman–Crippen MR) is 134 cm³/mol. The van der Waals surface area contributed by atoms with Crippen molar-refractivity contribution in [3.05, 3.63) is 59.7 Å². The van der Waals surface area contributed by atoms with E-state index in [2.05, 4.69) is 31.0 Å². The molecule has 0 unspecified atom stereocenters. The third kappa shape index (κ3) is 4.70. The van der Waals surface area contributed by atoms with Crippen LogP contribution in [0, 0.1) is 13.8 Å². The van der Waals surface area contributed by atoms with Crippen LogP contribution in [0.25, 0.3) is 10.2 Å². The zero-order valence-corrected chi connectivity index (χ0v) is 20.8. The third-order valence-corrected chi connectivity index (χ3v) is 6.78. The first-order chi connectivity index (χ1) is 16.4. The minimum absolute atomic E-state index is 0.182. The maximum absolute atomic E-state index is 13.8. The van der Waals surface area contributed by atoms with Crippen molar-refractivity contribution < 1.29 is 19.0 Å². The maximum Gasteiger partial charge on any atom is 0.260 e. The normalized spacial score (nSPS) is 11.0. The standard InChI is InChI=1S/C25H28N4O4S/c1-16-11-17(2)23-19(12-16)27-25(34-23)29(9-6-8-28-10-7-26-15-28)24(30)18-13-20(31-3)22(33-5)21(14-18)32-4/h7,10-15H,6,8-9H2,1-5H3. The van der Waals surface area contributed by atoms with Crippen molar-refractivity contribution in [1.29, 1.82) is 0 Å². The Kier molecular flexibility index (Phi) is 7.02. The van der Waals surface area contributed by atoms with Gasteiger partial charge >= 0.3 is 0 Å². The molecule has 0 aliphatic carbocycles. The highest BCUT2D eigenvalue weighted by molar-refractivity contribution is 7.22. The molecule has 9 heteroatoms. The predicted octanol–water partition coefficient (Wildman–Crippen LogP) is 4.87. The number of hydrogen-bond donors (Lipinski definition) is 0. The highest BCUT2D eigenvalue weighted by atomic mass is 32.1. The van der Waals surface area contributed by atoms with Gasteiger partial charge in [0.25, 0.3) is 5.91 Å². The molecule has 2 heterocycles. The van der Waals surface area contributed by atoms with E-state index < -0.39 is 0 Å². The molecule has 0 spiro atoms. The molecule has 0 aliphatic rings. The van der Waals surface area contributed by atoms with E-state index >= 15 is 0 Å². The molecular weight excluding hydrogens is 452 g/mol. The van der Waals surface area contributed by atoms with E-state index in [4.69, 9.17) is 19.2 Å². The molecule has 2 aromatic carbocycles. The van der Waals surface area contributed by atoms with E-state index in [1.165, 1.54) is 32.7 Å². The molecule has 0 N–H and O–H groups in total. The van der Waals surface area contributed by atoms with E-state index in [-0.39, 0.29) is 5.91 Å². The number of methoxy groups -OCH3 is 3. The van der Waals surface area contributed by atoms with Gasteiger partial charge in [0.2, 0.25) is 5.75 Å². The first kappa shape index (κ1) is 23.6. The molecule has 1 amide bonds. The highest BCUT2D eigenvalue weighted by Gasteiger charge is 2.25. The van der Waals surface area contributed by atoms with Crippen LogP contribution in [-0.4, -0.2) is 48.3 Å². The SMILES string of the molecule is COc1cc(C(=O)N(CCCn2ccnc2)c2nc3cc(C)cc(C)c3s2)cc(OC)c1OC. The smallest absolute Gasteiger partial charge is 0.260 e. The van der Waals surface area contributed by atoms with Crippen molar-refractivity contribution >= 4 is 32.6 Å². The molecule has 34 heavy (non-hydrogen) atoms. The second kappa shape index (κ2) is 10.1. The number of hydrogen-bond acceptors (Lipinski definition) is 7. The number of carbonyl (C=O) groups excluding carboxylic acids is 1. The summed E-state index contributed by atoms with van der Waals surface area (Å²) in [6.45, 7) is 5.35. The molecule has 8 nitrogen and oxygen atoms in total. The van der Waals surface area contributed by atoms with Crippen molar-refractivity contribution in [3.8, 4) is 17.2 Å². The monoisotopic (exact) mass is 480 g/mol. The summed E-state index contributed by atoms with van der Waals surface area (Å²) >= 11 is 1.53. The average molecular weight is 481 g/mol. The fourth-order valence-electron chi connectivity index (χ4n) is 3.96. The Morgan fingerprint density at radius 3 is 2.41 bits per heavy atom. The van der Waals surface area contributed by atoms with Crippen molar-refractivity contribution in [1.82, 2.24) is 14.5 Å². The van der Waals surface area contributed by atoms with E-state index in [1.54, 1.807) is 29.6 Å². The number of imidazole rings is 1. The number of carbonyl (C=O) groups is 1. The fraction of sp³-hybridized carbons (Fsp3) is 0.320. The maximum atomic E-state index is 13.8. The summed E-state index contributed by atoms with van der Waals surface area (Å²) in [4.78, 5) is 24.5. The molecule has 0 bridgehead atoms. The molecule has 0 saturated heterocycles. The minimum Gasteiger partial charge on any atom is -0.493 e. The third-order valence-electron chi connectivity index (χ3n) is 5.55. The Morgan fingerprint density at radius 1 is 1.06 bits per heavy atom. The van der Waals surface area contributed by atoms with Gasteiger partial charge in [0, 0.05) is 31.0 Å². The number of aryl methyl sites for hydroxylation is 3. The first-order valence-electron chi connectivity index (χ1n) is 10.9. The minimum atomic E-state index is -0.182. The molecule has 4 rings (SSSR count). The van der Waals surface area contributed by atoms with Gasteiger partial charge in [0.05, 0.1) is 37.9 Å². The number of benzene rings is 2. The lowest BCUT2D eigenvalue weighted by Crippen LogP contribution is -2.32. The van der Waals surface area contributed by atoms with Crippen LogP contribution >= 0.6 is 11.3 Å². The summed E-state index contributed by atoms with van der Waals surface area (Å²) in [7, 11) is 4.61. The first-order valence-corrected chi connectivity index (χ1v) is 11.7. The zero-order valence-electron chi connectivity index (χ0n) is 20.0. The lowest BCUT2D eigenvalue weighted by molar-refractivity contribution is 0.0985. The van der Waals surface area contributed by atoms with Crippen LogP contribution in [0.3, 0.4) is 0 Å². The van der Waals surface area contributed by atoms with Gasteiger partial charge in [-0.2, -0.15) is 0 Å². The Morgan fingerprint density at radius 2 is 1.79 bits per heavy atom. The number of aromatic nitrogens is 3. The van der Waals surface area contributed by atoms with Gasteiger partial charge in [-0.15, -0.1) is 0 Å². The van der Waals surface area contributed by atoms with Crippen LogP contribution in [0.4, 0.5) is 5.13 Å². The van der Waals surface area contributed by atoms with Gasteiger partial charge in [-0.1, -0.05) is 17.4 Å². The molecule has 0 saturated carbocycles. The second-order valence-electron chi connectivity index (χ2n) is 7.95. The van der Waals surface area contributed by atoms with Crippen molar-refractivity contribution in [2.45, 2.75) is 26.8 Å². The molecule has 2 aromatic heterocycles. The molecule has 4 aromatic rings. The van der Waals surface area contributed by atoms with Gasteiger partial charge in [-0.3, -0.25) is 9.69 Å². The number of fused-ring (bicyclic) bond motifs is 1.